The van der Waals surface area contributed by atoms with Crippen molar-refractivity contribution in [1.82, 2.24) is 0 Å². The topological polar surface area (TPSA) is 96.7 Å². The predicted molar refractivity (Wildman–Crippen MR) is 80.8 cm³/mol. The van der Waals surface area contributed by atoms with Crippen molar-refractivity contribution in [1.29, 1.82) is 0 Å². The Balaban J connectivity index is 2.34. The highest BCUT2D eigenvalue weighted by atomic mass is 16.6. The molecule has 0 aliphatic carbocycles. The first kappa shape index (κ1) is 15.5. The van der Waals surface area contributed by atoms with E-state index in [-0.39, 0.29) is 12.3 Å². The molecule has 2 rings (SSSR count). The van der Waals surface area contributed by atoms with Gasteiger partial charge in [-0.15, -0.1) is 0 Å². The Morgan fingerprint density at radius 1 is 1.38 bits per heavy atom. The van der Waals surface area contributed by atoms with E-state index in [4.69, 9.17) is 4.74 Å². The number of nitrogens with one attached hydrogen (secondary N) is 2. The van der Waals surface area contributed by atoms with E-state index < -0.39 is 10.5 Å². The maximum Gasteiger partial charge on any atom is 0.315 e. The van der Waals surface area contributed by atoms with Crippen LogP contribution in [0.25, 0.3) is 0 Å². The standard InChI is InChI=1S/C14H21N3O4/c1-2-15-11-4-3-5-12(13(11)17(19)20)16-14(10-18)6-8-21-9-7-14/h3-5,15-16,18H,2,6-10H2,1H3. The molecule has 0 unspecified atom stereocenters. The maximum atomic E-state index is 11.4. The first-order chi connectivity index (χ1) is 10.1. The van der Waals surface area contributed by atoms with Crippen molar-refractivity contribution in [3.63, 3.8) is 0 Å². The summed E-state index contributed by atoms with van der Waals surface area (Å²) in [6.07, 6.45) is 1.23. The fourth-order valence-corrected chi connectivity index (χ4v) is 2.54. The van der Waals surface area contributed by atoms with Crippen LogP contribution in [0, 0.1) is 10.1 Å². The SMILES string of the molecule is CCNc1cccc(NC2(CO)CCOCC2)c1[N+](=O)[O-]. The highest BCUT2D eigenvalue weighted by Gasteiger charge is 2.34. The van der Waals surface area contributed by atoms with E-state index >= 15 is 0 Å². The second kappa shape index (κ2) is 6.73. The molecule has 1 fully saturated rings. The van der Waals surface area contributed by atoms with E-state index in [0.29, 0.717) is 44.0 Å². The maximum absolute atomic E-state index is 11.4. The van der Waals surface area contributed by atoms with Crippen LogP contribution in [0.5, 0.6) is 0 Å². The van der Waals surface area contributed by atoms with Gasteiger partial charge in [0.25, 0.3) is 0 Å². The summed E-state index contributed by atoms with van der Waals surface area (Å²) in [6.45, 7) is 3.47. The zero-order chi connectivity index (χ0) is 15.3. The number of para-hydroxylation sites is 1. The van der Waals surface area contributed by atoms with Gasteiger partial charge in [0.15, 0.2) is 0 Å². The molecule has 0 spiro atoms. The molecule has 0 saturated carbocycles. The van der Waals surface area contributed by atoms with Gasteiger partial charge in [-0.3, -0.25) is 10.1 Å². The molecule has 1 saturated heterocycles. The van der Waals surface area contributed by atoms with Gasteiger partial charge < -0.3 is 20.5 Å². The molecule has 1 heterocycles. The quantitative estimate of drug-likeness (QED) is 0.548. The number of nitro groups is 1. The molecule has 0 radical (unpaired) electrons. The highest BCUT2D eigenvalue weighted by Crippen LogP contribution is 2.36. The Bertz CT molecular complexity index is 501. The van der Waals surface area contributed by atoms with Gasteiger partial charge in [-0.1, -0.05) is 6.07 Å². The number of anilines is 2. The normalized spacial score (nSPS) is 17.2. The van der Waals surface area contributed by atoms with Crippen molar-refractivity contribution < 1.29 is 14.8 Å². The van der Waals surface area contributed by atoms with Gasteiger partial charge >= 0.3 is 5.69 Å². The number of benzene rings is 1. The van der Waals surface area contributed by atoms with E-state index in [2.05, 4.69) is 10.6 Å². The second-order valence-electron chi connectivity index (χ2n) is 5.16. The first-order valence-electron chi connectivity index (χ1n) is 7.10. The minimum Gasteiger partial charge on any atom is -0.394 e. The lowest BCUT2D eigenvalue weighted by molar-refractivity contribution is -0.383. The minimum atomic E-state index is -0.562. The molecule has 116 valence electrons. The first-order valence-corrected chi connectivity index (χ1v) is 7.10. The Hall–Kier alpha value is -1.86. The van der Waals surface area contributed by atoms with Gasteiger partial charge in [0.05, 0.1) is 17.1 Å². The van der Waals surface area contributed by atoms with Gasteiger partial charge in [0, 0.05) is 19.8 Å². The van der Waals surface area contributed by atoms with Gasteiger partial charge in [-0.25, -0.2) is 0 Å². The molecule has 7 heteroatoms. The fourth-order valence-electron chi connectivity index (χ4n) is 2.54. The van der Waals surface area contributed by atoms with Crippen LogP contribution in [0.15, 0.2) is 18.2 Å². The lowest BCUT2D eigenvalue weighted by Gasteiger charge is -2.37. The zero-order valence-electron chi connectivity index (χ0n) is 12.1. The lowest BCUT2D eigenvalue weighted by atomic mass is 9.90. The monoisotopic (exact) mass is 295 g/mol. The van der Waals surface area contributed by atoms with Crippen LogP contribution in [0.2, 0.25) is 0 Å². The lowest BCUT2D eigenvalue weighted by Crippen LogP contribution is -2.47. The molecule has 1 aromatic carbocycles. The average molecular weight is 295 g/mol. The van der Waals surface area contributed by atoms with Crippen LogP contribution >= 0.6 is 0 Å². The number of rotatable bonds is 6. The van der Waals surface area contributed by atoms with Gasteiger partial charge in [-0.2, -0.15) is 0 Å². The molecular formula is C14H21N3O4. The molecule has 0 bridgehead atoms. The number of nitrogens with zero attached hydrogens (tertiary/aromatic N) is 1. The van der Waals surface area contributed by atoms with E-state index in [0.717, 1.165) is 0 Å². The van der Waals surface area contributed by atoms with Gasteiger partial charge in [0.2, 0.25) is 0 Å². The van der Waals surface area contributed by atoms with E-state index in [1.165, 1.54) is 0 Å². The van der Waals surface area contributed by atoms with Crippen LogP contribution in [0.3, 0.4) is 0 Å². The number of ether oxygens (including phenoxy) is 1. The minimum absolute atomic E-state index is 0.0127. The molecule has 21 heavy (non-hydrogen) atoms. The summed E-state index contributed by atoms with van der Waals surface area (Å²) < 4.78 is 5.31. The zero-order valence-corrected chi connectivity index (χ0v) is 12.1. The molecule has 0 amide bonds. The van der Waals surface area contributed by atoms with Crippen molar-refractivity contribution in [2.75, 3.05) is 37.0 Å². The van der Waals surface area contributed by atoms with Crippen molar-refractivity contribution in [2.45, 2.75) is 25.3 Å². The summed E-state index contributed by atoms with van der Waals surface area (Å²) in [7, 11) is 0. The van der Waals surface area contributed by atoms with E-state index in [1.807, 2.05) is 6.92 Å². The molecule has 3 N–H and O–H groups in total. The summed E-state index contributed by atoms with van der Waals surface area (Å²) in [5.41, 5.74) is 0.356. The van der Waals surface area contributed by atoms with Crippen molar-refractivity contribution in [3.8, 4) is 0 Å². The third-order valence-electron chi connectivity index (χ3n) is 3.74. The molecule has 1 aliphatic rings. The van der Waals surface area contributed by atoms with Crippen LogP contribution < -0.4 is 10.6 Å². The summed E-state index contributed by atoms with van der Waals surface area (Å²) in [4.78, 5) is 11.0. The number of nitro benzene ring substituents is 1. The summed E-state index contributed by atoms with van der Waals surface area (Å²) in [6, 6.07) is 5.12. The molecule has 0 aromatic heterocycles. The largest absolute Gasteiger partial charge is 0.394 e. The molecule has 1 aromatic rings. The average Bonchev–Trinajstić information content (AvgIpc) is 2.48. The smallest absolute Gasteiger partial charge is 0.315 e. The van der Waals surface area contributed by atoms with Crippen molar-refractivity contribution >= 4 is 17.1 Å². The van der Waals surface area contributed by atoms with Gasteiger partial charge in [0.1, 0.15) is 11.4 Å². The third-order valence-corrected chi connectivity index (χ3v) is 3.74. The Morgan fingerprint density at radius 2 is 2.05 bits per heavy atom. The second-order valence-corrected chi connectivity index (χ2v) is 5.16. The summed E-state index contributed by atoms with van der Waals surface area (Å²) in [5.74, 6) is 0. The van der Waals surface area contributed by atoms with Crippen LogP contribution in [-0.2, 0) is 4.74 Å². The van der Waals surface area contributed by atoms with Crippen LogP contribution in [0.1, 0.15) is 19.8 Å². The number of hydrogen-bond acceptors (Lipinski definition) is 6. The molecular weight excluding hydrogens is 274 g/mol. The molecule has 7 nitrogen and oxygen atoms in total. The highest BCUT2D eigenvalue weighted by molar-refractivity contribution is 5.76. The number of aliphatic hydroxyl groups is 1. The Morgan fingerprint density at radius 3 is 2.62 bits per heavy atom. The Kier molecular flexibility index (Phi) is 4.98. The van der Waals surface area contributed by atoms with Crippen LogP contribution in [-0.4, -0.2) is 41.9 Å². The third kappa shape index (κ3) is 3.43. The van der Waals surface area contributed by atoms with Crippen LogP contribution in [0.4, 0.5) is 17.1 Å². The van der Waals surface area contributed by atoms with Crippen molar-refractivity contribution in [3.05, 3.63) is 28.3 Å². The number of aliphatic hydroxyl groups excluding tert-OH is 1. The van der Waals surface area contributed by atoms with Crippen molar-refractivity contribution in [2.24, 2.45) is 0 Å². The predicted octanol–water partition coefficient (Wildman–Crippen LogP) is 1.98. The van der Waals surface area contributed by atoms with Gasteiger partial charge in [-0.05, 0) is 31.9 Å². The molecule has 1 aliphatic heterocycles. The summed E-state index contributed by atoms with van der Waals surface area (Å²) >= 11 is 0. The Labute approximate surface area is 123 Å². The van der Waals surface area contributed by atoms with E-state index in [1.54, 1.807) is 18.2 Å². The summed E-state index contributed by atoms with van der Waals surface area (Å²) in [5, 5.41) is 27.3. The van der Waals surface area contributed by atoms with E-state index in [9.17, 15) is 15.2 Å². The number of hydrogen-bond donors (Lipinski definition) is 3. The molecule has 0 atom stereocenters. The fraction of sp³-hybridized carbons (Fsp3) is 0.571.